The van der Waals surface area contributed by atoms with Crippen LogP contribution < -0.4 is 5.32 Å². The van der Waals surface area contributed by atoms with E-state index in [4.69, 9.17) is 0 Å². The Kier molecular flexibility index (Phi) is 4.83. The van der Waals surface area contributed by atoms with E-state index in [2.05, 4.69) is 57.1 Å². The predicted molar refractivity (Wildman–Crippen MR) is 87.8 cm³/mol. The number of nitrogens with one attached hydrogen (secondary N) is 1. The molecule has 0 bridgehead atoms. The number of anilines is 1. The van der Waals surface area contributed by atoms with Gasteiger partial charge in [-0.25, -0.2) is 0 Å². The van der Waals surface area contributed by atoms with E-state index in [0.29, 0.717) is 5.92 Å². The lowest BCUT2D eigenvalue weighted by molar-refractivity contribution is 0.323. The molecule has 112 valence electrons. The third-order valence-corrected chi connectivity index (χ3v) is 4.73. The second kappa shape index (κ2) is 7.00. The summed E-state index contributed by atoms with van der Waals surface area (Å²) in [5.41, 5.74) is 2.56. The van der Waals surface area contributed by atoms with E-state index in [9.17, 15) is 0 Å². The van der Waals surface area contributed by atoms with E-state index in [0.717, 1.165) is 43.3 Å². The van der Waals surface area contributed by atoms with Crippen LogP contribution in [-0.4, -0.2) is 34.1 Å². The summed E-state index contributed by atoms with van der Waals surface area (Å²) in [5.74, 6) is 0.657. The highest BCUT2D eigenvalue weighted by Gasteiger charge is 2.25. The van der Waals surface area contributed by atoms with E-state index in [1.165, 1.54) is 23.5 Å². The van der Waals surface area contributed by atoms with Crippen molar-refractivity contribution < 1.29 is 0 Å². The van der Waals surface area contributed by atoms with Crippen LogP contribution in [0.1, 0.15) is 36.9 Å². The molecular weight excluding hydrogens is 280 g/mol. The quantitative estimate of drug-likeness (QED) is 0.888. The number of benzene rings is 1. The molecule has 1 N–H and O–H groups in total. The minimum absolute atomic E-state index is 0.657. The highest BCUT2D eigenvalue weighted by Crippen LogP contribution is 2.29. The molecule has 3 rings (SSSR count). The molecule has 1 aliphatic heterocycles. The fourth-order valence-corrected chi connectivity index (χ4v) is 3.47. The van der Waals surface area contributed by atoms with Crippen molar-refractivity contribution in [2.24, 2.45) is 0 Å². The maximum Gasteiger partial charge on any atom is 0.134 e. The van der Waals surface area contributed by atoms with Gasteiger partial charge in [0.05, 0.1) is 0 Å². The number of rotatable bonds is 6. The highest BCUT2D eigenvalue weighted by atomic mass is 32.1. The molecule has 5 heteroatoms. The molecule has 1 saturated heterocycles. The van der Waals surface area contributed by atoms with Gasteiger partial charge in [0.2, 0.25) is 0 Å². The van der Waals surface area contributed by atoms with E-state index >= 15 is 0 Å². The third-order valence-electron chi connectivity index (χ3n) is 4.01. The summed E-state index contributed by atoms with van der Waals surface area (Å²) in [4.78, 5) is 2.49. The van der Waals surface area contributed by atoms with Gasteiger partial charge >= 0.3 is 0 Å². The molecule has 1 unspecified atom stereocenters. The lowest BCUT2D eigenvalue weighted by Gasteiger charge is -2.15. The normalized spacial score (nSPS) is 19.0. The van der Waals surface area contributed by atoms with Gasteiger partial charge in [0, 0.05) is 31.2 Å². The van der Waals surface area contributed by atoms with Crippen molar-refractivity contribution in [3.8, 4) is 0 Å². The van der Waals surface area contributed by atoms with Crippen LogP contribution in [0, 0.1) is 0 Å². The van der Waals surface area contributed by atoms with Crippen LogP contribution >= 0.6 is 11.5 Å². The Bertz CT molecular complexity index is 554. The van der Waals surface area contributed by atoms with Crippen LogP contribution in [0.5, 0.6) is 0 Å². The van der Waals surface area contributed by atoms with Gasteiger partial charge in [0.1, 0.15) is 10.7 Å². The van der Waals surface area contributed by atoms with Crippen LogP contribution in [0.4, 0.5) is 5.00 Å². The summed E-state index contributed by atoms with van der Waals surface area (Å²) in [5, 5.41) is 8.86. The van der Waals surface area contributed by atoms with E-state index in [1.54, 1.807) is 0 Å². The average molecular weight is 302 g/mol. The second-order valence-corrected chi connectivity index (χ2v) is 6.36. The maximum absolute atomic E-state index is 4.29. The number of likely N-dealkylation sites (tertiary alicyclic amines) is 1. The van der Waals surface area contributed by atoms with Gasteiger partial charge in [-0.3, -0.25) is 4.90 Å². The molecule has 0 radical (unpaired) electrons. The fraction of sp³-hybridized carbons (Fsp3) is 0.500. The summed E-state index contributed by atoms with van der Waals surface area (Å²) in [6.45, 7) is 6.33. The molecule has 1 aliphatic rings. The van der Waals surface area contributed by atoms with Crippen LogP contribution in [0.2, 0.25) is 0 Å². The molecule has 21 heavy (non-hydrogen) atoms. The predicted octanol–water partition coefficient (Wildman–Crippen LogP) is 3.35. The van der Waals surface area contributed by atoms with Crippen molar-refractivity contribution >= 4 is 16.5 Å². The zero-order valence-corrected chi connectivity index (χ0v) is 13.3. The molecule has 1 atom stereocenters. The van der Waals surface area contributed by atoms with Crippen molar-refractivity contribution in [1.82, 2.24) is 14.5 Å². The van der Waals surface area contributed by atoms with Gasteiger partial charge in [-0.15, -0.1) is 5.10 Å². The number of hydrogen-bond donors (Lipinski definition) is 1. The van der Waals surface area contributed by atoms with E-state index < -0.39 is 0 Å². The van der Waals surface area contributed by atoms with Gasteiger partial charge in [-0.1, -0.05) is 41.7 Å². The van der Waals surface area contributed by atoms with Crippen molar-refractivity contribution in [2.75, 3.05) is 25.0 Å². The first-order valence-corrected chi connectivity index (χ1v) is 8.46. The SMILES string of the molecule is CCCNc1snnc1CN1CCC(c2ccccc2)C1. The van der Waals surface area contributed by atoms with E-state index in [1.807, 2.05) is 0 Å². The molecule has 1 aromatic carbocycles. The van der Waals surface area contributed by atoms with Gasteiger partial charge in [0.15, 0.2) is 0 Å². The number of hydrogen-bond acceptors (Lipinski definition) is 5. The Labute approximate surface area is 130 Å². The Morgan fingerprint density at radius 1 is 1.33 bits per heavy atom. The molecule has 0 spiro atoms. The minimum atomic E-state index is 0.657. The van der Waals surface area contributed by atoms with Gasteiger partial charge < -0.3 is 5.32 Å². The van der Waals surface area contributed by atoms with Crippen LogP contribution in [0.25, 0.3) is 0 Å². The van der Waals surface area contributed by atoms with Gasteiger partial charge in [-0.2, -0.15) is 0 Å². The first-order chi connectivity index (χ1) is 10.4. The van der Waals surface area contributed by atoms with Crippen molar-refractivity contribution in [1.29, 1.82) is 0 Å². The maximum atomic E-state index is 4.29. The fourth-order valence-electron chi connectivity index (χ4n) is 2.87. The average Bonchev–Trinajstić information content (AvgIpc) is 3.16. The summed E-state index contributed by atoms with van der Waals surface area (Å²) in [6, 6.07) is 10.8. The first-order valence-electron chi connectivity index (χ1n) is 7.69. The van der Waals surface area contributed by atoms with Gasteiger partial charge in [0.25, 0.3) is 0 Å². The Morgan fingerprint density at radius 2 is 2.19 bits per heavy atom. The largest absolute Gasteiger partial charge is 0.374 e. The van der Waals surface area contributed by atoms with Crippen LogP contribution in [0.3, 0.4) is 0 Å². The molecule has 2 heterocycles. The van der Waals surface area contributed by atoms with Crippen LogP contribution in [-0.2, 0) is 6.54 Å². The Hall–Kier alpha value is -1.46. The highest BCUT2D eigenvalue weighted by molar-refractivity contribution is 7.10. The number of aromatic nitrogens is 2. The summed E-state index contributed by atoms with van der Waals surface area (Å²) < 4.78 is 4.10. The molecule has 0 saturated carbocycles. The molecule has 4 nitrogen and oxygen atoms in total. The lowest BCUT2D eigenvalue weighted by Crippen LogP contribution is -2.20. The molecule has 2 aromatic rings. The lowest BCUT2D eigenvalue weighted by atomic mass is 9.99. The summed E-state index contributed by atoms with van der Waals surface area (Å²) in [7, 11) is 0. The smallest absolute Gasteiger partial charge is 0.134 e. The molecule has 0 amide bonds. The first kappa shape index (κ1) is 14.5. The second-order valence-electron chi connectivity index (χ2n) is 5.61. The molecule has 1 aromatic heterocycles. The van der Waals surface area contributed by atoms with Gasteiger partial charge in [-0.05, 0) is 30.9 Å². The monoisotopic (exact) mass is 302 g/mol. The van der Waals surface area contributed by atoms with E-state index in [-0.39, 0.29) is 0 Å². The van der Waals surface area contributed by atoms with Crippen molar-refractivity contribution in [2.45, 2.75) is 32.2 Å². The molecule has 0 aliphatic carbocycles. The minimum Gasteiger partial charge on any atom is -0.374 e. The number of nitrogens with zero attached hydrogens (tertiary/aromatic N) is 3. The molecular formula is C16H22N4S. The summed E-state index contributed by atoms with van der Waals surface area (Å²) in [6.07, 6.45) is 2.36. The van der Waals surface area contributed by atoms with Crippen molar-refractivity contribution in [3.63, 3.8) is 0 Å². The topological polar surface area (TPSA) is 41.1 Å². The Morgan fingerprint density at radius 3 is 3.00 bits per heavy atom. The standard InChI is InChI=1S/C16H22N4S/c1-2-9-17-16-15(18-19-21-16)12-20-10-8-14(11-20)13-6-4-3-5-7-13/h3-7,14,17H,2,8-12H2,1H3. The molecule has 1 fully saturated rings. The third kappa shape index (κ3) is 3.60. The zero-order valence-electron chi connectivity index (χ0n) is 12.5. The summed E-state index contributed by atoms with van der Waals surface area (Å²) >= 11 is 1.47. The van der Waals surface area contributed by atoms with Crippen LogP contribution in [0.15, 0.2) is 30.3 Å². The zero-order chi connectivity index (χ0) is 14.5. The van der Waals surface area contributed by atoms with Crippen molar-refractivity contribution in [3.05, 3.63) is 41.6 Å². The Balaban J connectivity index is 1.59.